The monoisotopic (exact) mass is 621 g/mol. The number of anilines is 1. The Morgan fingerprint density at radius 1 is 0.976 bits per heavy atom. The number of hydrogen-bond donors (Lipinski definition) is 1. The van der Waals surface area contributed by atoms with Crippen LogP contribution >= 0.6 is 23.2 Å². The lowest BCUT2D eigenvalue weighted by Gasteiger charge is -2.33. The molecule has 0 aromatic heterocycles. The Labute approximate surface area is 251 Å². The standard InChI is InChI=1S/C30H34Cl2FN3O4S/c1-4-6-17-34-30(38)28(5-2)35(19-22-9-10-23(31)18-27(22)32)29(37)20-36(25-13-7-21(3)8-14-25)41(39,40)26-15-11-24(33)12-16-26/h7-16,18,28H,4-6,17,19-20H2,1-3H3,(H,34,38)/t28-/m1/s1. The van der Waals surface area contributed by atoms with Crippen LogP contribution in [0, 0.1) is 12.7 Å². The van der Waals surface area contributed by atoms with Gasteiger partial charge in [-0.1, -0.05) is 67.2 Å². The molecule has 2 amide bonds. The molecule has 3 aromatic carbocycles. The normalized spacial score (nSPS) is 12.0. The maximum absolute atomic E-state index is 14.1. The van der Waals surface area contributed by atoms with Crippen molar-refractivity contribution in [1.29, 1.82) is 0 Å². The Balaban J connectivity index is 2.05. The number of unbranched alkanes of at least 4 members (excludes halogenated alkanes) is 1. The molecule has 0 heterocycles. The van der Waals surface area contributed by atoms with Gasteiger partial charge >= 0.3 is 0 Å². The van der Waals surface area contributed by atoms with Crippen molar-refractivity contribution in [2.45, 2.75) is 57.5 Å². The fourth-order valence-electron chi connectivity index (χ4n) is 4.23. The average Bonchev–Trinajstić information content (AvgIpc) is 2.93. The molecule has 0 aliphatic carbocycles. The minimum atomic E-state index is -4.29. The fourth-order valence-corrected chi connectivity index (χ4v) is 6.12. The largest absolute Gasteiger partial charge is 0.354 e. The summed E-state index contributed by atoms with van der Waals surface area (Å²) in [6.07, 6.45) is 1.94. The number of benzene rings is 3. The van der Waals surface area contributed by atoms with E-state index < -0.39 is 34.3 Å². The highest BCUT2D eigenvalue weighted by Gasteiger charge is 2.34. The third-order valence-electron chi connectivity index (χ3n) is 6.57. The van der Waals surface area contributed by atoms with Crippen LogP contribution < -0.4 is 9.62 Å². The minimum Gasteiger partial charge on any atom is -0.354 e. The molecule has 220 valence electrons. The molecule has 0 aliphatic rings. The van der Waals surface area contributed by atoms with Crippen LogP contribution in [-0.4, -0.2) is 44.3 Å². The van der Waals surface area contributed by atoms with Crippen molar-refractivity contribution < 1.29 is 22.4 Å². The molecule has 11 heteroatoms. The van der Waals surface area contributed by atoms with Gasteiger partial charge in [-0.25, -0.2) is 12.8 Å². The number of hydrogen-bond acceptors (Lipinski definition) is 4. The van der Waals surface area contributed by atoms with Crippen LogP contribution in [0.5, 0.6) is 0 Å². The van der Waals surface area contributed by atoms with Crippen LogP contribution in [0.25, 0.3) is 0 Å². The van der Waals surface area contributed by atoms with Gasteiger partial charge in [0.25, 0.3) is 10.0 Å². The summed E-state index contributed by atoms with van der Waals surface area (Å²) in [5.74, 6) is -1.55. The SMILES string of the molecule is CCCCNC(=O)[C@@H](CC)N(Cc1ccc(Cl)cc1Cl)C(=O)CN(c1ccc(C)cc1)S(=O)(=O)c1ccc(F)cc1. The van der Waals surface area contributed by atoms with Gasteiger partial charge in [-0.2, -0.15) is 0 Å². The van der Waals surface area contributed by atoms with E-state index in [0.29, 0.717) is 22.2 Å². The van der Waals surface area contributed by atoms with Gasteiger partial charge in [-0.15, -0.1) is 0 Å². The molecule has 0 spiro atoms. The van der Waals surface area contributed by atoms with Crippen LogP contribution in [0.2, 0.25) is 10.0 Å². The molecule has 3 rings (SSSR count). The molecule has 1 N–H and O–H groups in total. The van der Waals surface area contributed by atoms with Crippen LogP contribution in [0.15, 0.2) is 71.6 Å². The van der Waals surface area contributed by atoms with Crippen molar-refractivity contribution >= 4 is 50.7 Å². The Morgan fingerprint density at radius 3 is 2.22 bits per heavy atom. The Hall–Kier alpha value is -3.14. The molecule has 0 bridgehead atoms. The summed E-state index contributed by atoms with van der Waals surface area (Å²) in [5, 5.41) is 3.60. The smallest absolute Gasteiger partial charge is 0.264 e. The maximum Gasteiger partial charge on any atom is 0.264 e. The molecule has 0 fully saturated rings. The van der Waals surface area contributed by atoms with Crippen LogP contribution in [-0.2, 0) is 26.2 Å². The number of halogens is 3. The number of rotatable bonds is 13. The van der Waals surface area contributed by atoms with E-state index in [0.717, 1.165) is 47.0 Å². The summed E-state index contributed by atoms with van der Waals surface area (Å²) < 4.78 is 42.2. The van der Waals surface area contributed by atoms with E-state index in [-0.39, 0.29) is 29.5 Å². The molecule has 0 saturated heterocycles. The minimum absolute atomic E-state index is 0.0487. The van der Waals surface area contributed by atoms with Crippen LogP contribution in [0.3, 0.4) is 0 Å². The maximum atomic E-state index is 14.1. The second-order valence-corrected chi connectivity index (χ2v) is 12.3. The predicted molar refractivity (Wildman–Crippen MR) is 161 cm³/mol. The second kappa shape index (κ2) is 14.7. The summed E-state index contributed by atoms with van der Waals surface area (Å²) >= 11 is 12.5. The summed E-state index contributed by atoms with van der Waals surface area (Å²) in [6, 6.07) is 15.0. The van der Waals surface area contributed by atoms with E-state index in [1.54, 1.807) is 49.4 Å². The number of sulfonamides is 1. The number of nitrogens with zero attached hydrogens (tertiary/aromatic N) is 2. The Kier molecular flexibility index (Phi) is 11.6. The van der Waals surface area contributed by atoms with Gasteiger partial charge in [0, 0.05) is 23.1 Å². The fraction of sp³-hybridized carbons (Fsp3) is 0.333. The highest BCUT2D eigenvalue weighted by molar-refractivity contribution is 7.92. The topological polar surface area (TPSA) is 86.8 Å². The summed E-state index contributed by atoms with van der Waals surface area (Å²) in [6.45, 7) is 5.43. The van der Waals surface area contributed by atoms with Crippen molar-refractivity contribution in [3.63, 3.8) is 0 Å². The van der Waals surface area contributed by atoms with Gasteiger partial charge in [0.1, 0.15) is 18.4 Å². The van der Waals surface area contributed by atoms with E-state index >= 15 is 0 Å². The van der Waals surface area contributed by atoms with Crippen molar-refractivity contribution in [3.8, 4) is 0 Å². The van der Waals surface area contributed by atoms with Crippen molar-refractivity contribution in [1.82, 2.24) is 10.2 Å². The number of amides is 2. The molecular formula is C30H34Cl2FN3O4S. The zero-order valence-corrected chi connectivity index (χ0v) is 25.6. The van der Waals surface area contributed by atoms with Gasteiger partial charge in [0.2, 0.25) is 11.8 Å². The number of aryl methyl sites for hydroxylation is 1. The molecule has 0 aliphatic heterocycles. The van der Waals surface area contributed by atoms with Gasteiger partial charge in [0.05, 0.1) is 10.6 Å². The number of carbonyl (C=O) groups is 2. The van der Waals surface area contributed by atoms with E-state index in [1.807, 2.05) is 13.8 Å². The zero-order valence-electron chi connectivity index (χ0n) is 23.2. The van der Waals surface area contributed by atoms with Gasteiger partial charge < -0.3 is 10.2 Å². The number of nitrogens with one attached hydrogen (secondary N) is 1. The van der Waals surface area contributed by atoms with Gasteiger partial charge in [-0.3, -0.25) is 13.9 Å². The van der Waals surface area contributed by atoms with Crippen LogP contribution in [0.1, 0.15) is 44.2 Å². The lowest BCUT2D eigenvalue weighted by Crippen LogP contribution is -2.52. The van der Waals surface area contributed by atoms with E-state index in [1.165, 1.54) is 4.90 Å². The first kappa shape index (κ1) is 32.4. The second-order valence-electron chi connectivity index (χ2n) is 9.63. The van der Waals surface area contributed by atoms with Gasteiger partial charge in [-0.05, 0) is 73.9 Å². The first-order valence-electron chi connectivity index (χ1n) is 13.3. The molecule has 7 nitrogen and oxygen atoms in total. The molecule has 3 aromatic rings. The van der Waals surface area contributed by atoms with Crippen LogP contribution in [0.4, 0.5) is 10.1 Å². The van der Waals surface area contributed by atoms with Crippen molar-refractivity contribution in [2.24, 2.45) is 0 Å². The predicted octanol–water partition coefficient (Wildman–Crippen LogP) is 6.36. The highest BCUT2D eigenvalue weighted by atomic mass is 35.5. The molecule has 0 radical (unpaired) electrons. The van der Waals surface area contributed by atoms with Gasteiger partial charge in [0.15, 0.2) is 0 Å². The first-order chi connectivity index (χ1) is 19.5. The summed E-state index contributed by atoms with van der Waals surface area (Å²) in [4.78, 5) is 28.5. The summed E-state index contributed by atoms with van der Waals surface area (Å²) in [7, 11) is -4.29. The zero-order chi connectivity index (χ0) is 30.2. The average molecular weight is 623 g/mol. The third kappa shape index (κ3) is 8.44. The van der Waals surface area contributed by atoms with E-state index in [4.69, 9.17) is 23.2 Å². The third-order valence-corrected chi connectivity index (χ3v) is 8.95. The molecule has 0 unspecified atom stereocenters. The van der Waals surface area contributed by atoms with E-state index in [9.17, 15) is 22.4 Å². The lowest BCUT2D eigenvalue weighted by atomic mass is 10.1. The lowest BCUT2D eigenvalue weighted by molar-refractivity contribution is -0.140. The quantitative estimate of drug-likeness (QED) is 0.225. The Morgan fingerprint density at radius 2 is 1.63 bits per heavy atom. The van der Waals surface area contributed by atoms with E-state index in [2.05, 4.69) is 5.32 Å². The number of carbonyl (C=O) groups excluding carboxylic acids is 2. The molecular weight excluding hydrogens is 588 g/mol. The van der Waals surface area contributed by atoms with Crippen molar-refractivity contribution in [3.05, 3.63) is 93.7 Å². The molecule has 1 atom stereocenters. The molecule has 0 saturated carbocycles. The highest BCUT2D eigenvalue weighted by Crippen LogP contribution is 2.27. The van der Waals surface area contributed by atoms with Crippen molar-refractivity contribution in [2.75, 3.05) is 17.4 Å². The first-order valence-corrected chi connectivity index (χ1v) is 15.5. The molecule has 41 heavy (non-hydrogen) atoms. The Bertz CT molecular complexity index is 1450. The summed E-state index contributed by atoms with van der Waals surface area (Å²) in [5.41, 5.74) is 1.69.